The number of fused-ring (bicyclic) bond motifs is 1. The second-order valence-electron chi connectivity index (χ2n) is 6.22. The van der Waals surface area contributed by atoms with Crippen molar-refractivity contribution in [2.24, 2.45) is 0 Å². The predicted molar refractivity (Wildman–Crippen MR) is 106 cm³/mol. The molecule has 29 heavy (non-hydrogen) atoms. The zero-order valence-electron chi connectivity index (χ0n) is 15.1. The molecule has 0 aliphatic carbocycles. The van der Waals surface area contributed by atoms with Crippen LogP contribution in [0.3, 0.4) is 0 Å². The summed E-state index contributed by atoms with van der Waals surface area (Å²) in [6, 6.07) is 18.9. The van der Waals surface area contributed by atoms with E-state index in [9.17, 15) is 14.5 Å². The van der Waals surface area contributed by atoms with Crippen LogP contribution in [-0.4, -0.2) is 14.9 Å². The third-order valence-electron chi connectivity index (χ3n) is 4.28. The molecule has 0 amide bonds. The Morgan fingerprint density at radius 3 is 2.52 bits per heavy atom. The van der Waals surface area contributed by atoms with Gasteiger partial charge in [-0.05, 0) is 40.6 Å². The fourth-order valence-electron chi connectivity index (χ4n) is 2.86. The highest BCUT2D eigenvalue weighted by Crippen LogP contribution is 2.35. The Kier molecular flexibility index (Phi) is 4.98. The lowest BCUT2D eigenvalue weighted by Gasteiger charge is -2.10. The maximum Gasteiger partial charge on any atom is 0.373 e. The molecule has 1 N–H and O–H groups in total. The average molecular weight is 390 g/mol. The highest BCUT2D eigenvalue weighted by atomic mass is 19.1. The van der Waals surface area contributed by atoms with E-state index >= 15 is 0 Å². The van der Waals surface area contributed by atoms with Crippen LogP contribution in [0.25, 0.3) is 10.8 Å². The van der Waals surface area contributed by atoms with Crippen molar-refractivity contribution in [2.45, 2.75) is 6.54 Å². The number of benzene rings is 3. The molecule has 0 atom stereocenters. The SMILES string of the molecule is O=[N+]([O-])c1c(NCc2ccc(F)cc2)ncnc1Oc1ccc2ccccc2c1. The first-order chi connectivity index (χ1) is 14.1. The van der Waals surface area contributed by atoms with E-state index in [0.29, 0.717) is 5.75 Å². The fraction of sp³-hybridized carbons (Fsp3) is 0.0476. The number of nitrogens with one attached hydrogen (secondary N) is 1. The Balaban J connectivity index is 1.61. The summed E-state index contributed by atoms with van der Waals surface area (Å²) in [5.41, 5.74) is 0.374. The summed E-state index contributed by atoms with van der Waals surface area (Å²) in [5.74, 6) is -0.0742. The molecule has 1 heterocycles. The van der Waals surface area contributed by atoms with Crippen molar-refractivity contribution in [3.05, 3.63) is 94.6 Å². The maximum atomic E-state index is 13.0. The third kappa shape index (κ3) is 4.11. The lowest BCUT2D eigenvalue weighted by molar-refractivity contribution is -0.385. The van der Waals surface area contributed by atoms with Gasteiger partial charge >= 0.3 is 11.6 Å². The van der Waals surface area contributed by atoms with Crippen molar-refractivity contribution in [1.82, 2.24) is 9.97 Å². The molecule has 8 heteroatoms. The van der Waals surface area contributed by atoms with Gasteiger partial charge in [0.25, 0.3) is 0 Å². The number of rotatable bonds is 6. The van der Waals surface area contributed by atoms with Crippen LogP contribution in [0.1, 0.15) is 5.56 Å². The first kappa shape index (κ1) is 18.3. The van der Waals surface area contributed by atoms with Gasteiger partial charge in [-0.3, -0.25) is 10.1 Å². The van der Waals surface area contributed by atoms with E-state index in [1.54, 1.807) is 24.3 Å². The molecule has 0 aliphatic heterocycles. The van der Waals surface area contributed by atoms with Gasteiger partial charge in [-0.2, -0.15) is 4.98 Å². The zero-order chi connectivity index (χ0) is 20.2. The molecule has 0 saturated heterocycles. The van der Waals surface area contributed by atoms with Crippen molar-refractivity contribution in [2.75, 3.05) is 5.32 Å². The van der Waals surface area contributed by atoms with Gasteiger partial charge in [0.15, 0.2) is 0 Å². The average Bonchev–Trinajstić information content (AvgIpc) is 2.73. The summed E-state index contributed by atoms with van der Waals surface area (Å²) in [4.78, 5) is 19.0. The number of ether oxygens (including phenoxy) is 1. The van der Waals surface area contributed by atoms with Crippen LogP contribution >= 0.6 is 0 Å². The molecule has 4 aromatic rings. The monoisotopic (exact) mass is 390 g/mol. The summed E-state index contributed by atoms with van der Waals surface area (Å²) in [6.07, 6.45) is 1.19. The van der Waals surface area contributed by atoms with Gasteiger partial charge in [0.2, 0.25) is 5.82 Å². The Morgan fingerprint density at radius 1 is 1.00 bits per heavy atom. The summed E-state index contributed by atoms with van der Waals surface area (Å²) < 4.78 is 18.7. The number of nitrogens with zero attached hydrogens (tertiary/aromatic N) is 3. The summed E-state index contributed by atoms with van der Waals surface area (Å²) >= 11 is 0. The number of hydrogen-bond donors (Lipinski definition) is 1. The fourth-order valence-corrected chi connectivity index (χ4v) is 2.86. The minimum atomic E-state index is -0.594. The molecule has 0 fully saturated rings. The van der Waals surface area contributed by atoms with Crippen LogP contribution in [0.4, 0.5) is 15.9 Å². The highest BCUT2D eigenvalue weighted by Gasteiger charge is 2.25. The number of halogens is 1. The number of hydrogen-bond acceptors (Lipinski definition) is 6. The molecule has 144 valence electrons. The molecular weight excluding hydrogens is 375 g/mol. The van der Waals surface area contributed by atoms with Crippen LogP contribution in [0.2, 0.25) is 0 Å². The van der Waals surface area contributed by atoms with Crippen molar-refractivity contribution < 1.29 is 14.1 Å². The Bertz CT molecular complexity index is 1180. The second-order valence-corrected chi connectivity index (χ2v) is 6.22. The Hall–Kier alpha value is -4.07. The highest BCUT2D eigenvalue weighted by molar-refractivity contribution is 5.83. The molecule has 0 saturated carbocycles. The van der Waals surface area contributed by atoms with Gasteiger partial charge < -0.3 is 10.1 Å². The van der Waals surface area contributed by atoms with E-state index in [-0.39, 0.29) is 29.7 Å². The van der Waals surface area contributed by atoms with Crippen molar-refractivity contribution >= 4 is 22.3 Å². The van der Waals surface area contributed by atoms with Gasteiger partial charge in [-0.25, -0.2) is 9.37 Å². The molecule has 1 aromatic heterocycles. The molecule has 0 aliphatic rings. The maximum absolute atomic E-state index is 13.0. The Labute approximate surface area is 165 Å². The van der Waals surface area contributed by atoms with E-state index in [2.05, 4.69) is 15.3 Å². The normalized spacial score (nSPS) is 10.7. The first-order valence-corrected chi connectivity index (χ1v) is 8.74. The third-order valence-corrected chi connectivity index (χ3v) is 4.28. The van der Waals surface area contributed by atoms with E-state index in [0.717, 1.165) is 16.3 Å². The van der Waals surface area contributed by atoms with Crippen LogP contribution < -0.4 is 10.1 Å². The number of anilines is 1. The van der Waals surface area contributed by atoms with Crippen LogP contribution in [0.5, 0.6) is 11.6 Å². The lowest BCUT2D eigenvalue weighted by atomic mass is 10.1. The molecule has 7 nitrogen and oxygen atoms in total. The molecular formula is C21H15FN4O3. The topological polar surface area (TPSA) is 90.2 Å². The smallest absolute Gasteiger partial charge is 0.373 e. The van der Waals surface area contributed by atoms with Gasteiger partial charge in [-0.1, -0.05) is 42.5 Å². The van der Waals surface area contributed by atoms with Crippen LogP contribution in [-0.2, 0) is 6.54 Å². The molecule has 0 bridgehead atoms. The minimum Gasteiger partial charge on any atom is -0.434 e. The van der Waals surface area contributed by atoms with E-state index in [4.69, 9.17) is 4.74 Å². The van der Waals surface area contributed by atoms with E-state index in [1.807, 2.05) is 30.3 Å². The van der Waals surface area contributed by atoms with E-state index < -0.39 is 4.92 Å². The van der Waals surface area contributed by atoms with Gasteiger partial charge in [0.1, 0.15) is 17.9 Å². The number of nitro groups is 1. The standard InChI is InChI=1S/C21H15FN4O3/c22-17-8-5-14(6-9-17)12-23-20-19(26(27)28)21(25-13-24-20)29-18-10-7-15-3-1-2-4-16(15)11-18/h1-11,13H,12H2,(H,23,24,25). The molecule has 3 aromatic carbocycles. The molecule has 4 rings (SSSR count). The zero-order valence-corrected chi connectivity index (χ0v) is 15.1. The summed E-state index contributed by atoms with van der Waals surface area (Å²) in [5, 5.41) is 16.5. The quantitative estimate of drug-likeness (QED) is 0.365. The van der Waals surface area contributed by atoms with Crippen molar-refractivity contribution in [3.8, 4) is 11.6 Å². The molecule has 0 unspecified atom stereocenters. The van der Waals surface area contributed by atoms with Crippen LogP contribution in [0.15, 0.2) is 73.1 Å². The summed E-state index contributed by atoms with van der Waals surface area (Å²) in [6.45, 7) is 0.230. The molecule has 0 spiro atoms. The molecule has 0 radical (unpaired) electrons. The van der Waals surface area contributed by atoms with Gasteiger partial charge in [-0.15, -0.1) is 0 Å². The van der Waals surface area contributed by atoms with Crippen molar-refractivity contribution in [1.29, 1.82) is 0 Å². The van der Waals surface area contributed by atoms with E-state index in [1.165, 1.54) is 18.5 Å². The lowest BCUT2D eigenvalue weighted by Crippen LogP contribution is -2.07. The Morgan fingerprint density at radius 2 is 1.76 bits per heavy atom. The van der Waals surface area contributed by atoms with Gasteiger partial charge in [0, 0.05) is 6.54 Å². The minimum absolute atomic E-state index is 0.0186. The number of aromatic nitrogens is 2. The first-order valence-electron chi connectivity index (χ1n) is 8.74. The van der Waals surface area contributed by atoms with Crippen LogP contribution in [0, 0.1) is 15.9 Å². The predicted octanol–water partition coefficient (Wildman–Crippen LogP) is 5.08. The largest absolute Gasteiger partial charge is 0.434 e. The summed E-state index contributed by atoms with van der Waals surface area (Å²) in [7, 11) is 0. The van der Waals surface area contributed by atoms with Gasteiger partial charge in [0.05, 0.1) is 4.92 Å². The van der Waals surface area contributed by atoms with Crippen molar-refractivity contribution in [3.63, 3.8) is 0 Å². The second kappa shape index (κ2) is 7.89.